The van der Waals surface area contributed by atoms with Gasteiger partial charge in [-0.3, -0.25) is 10.1 Å². The average molecular weight is 398 g/mol. The monoisotopic (exact) mass is 396 g/mol. The van der Waals surface area contributed by atoms with Crippen molar-refractivity contribution in [3.63, 3.8) is 0 Å². The van der Waals surface area contributed by atoms with Crippen LogP contribution in [-0.2, 0) is 9.53 Å². The number of nitro groups is 1. The molecule has 2 aromatic rings. The maximum absolute atomic E-state index is 12.0. The predicted molar refractivity (Wildman–Crippen MR) is 95.2 cm³/mol. The Morgan fingerprint density at radius 3 is 2.60 bits per heavy atom. The SMILES string of the molecule is O=C1OC(c2ccc(Cl)c([N+](=O)[O-])c2)=NC1=Cc1cccc(Cl)c1Cl. The molecule has 9 heteroatoms. The van der Waals surface area contributed by atoms with E-state index in [-0.39, 0.29) is 32.9 Å². The smallest absolute Gasteiger partial charge is 0.363 e. The maximum atomic E-state index is 12.0. The van der Waals surface area contributed by atoms with Crippen LogP contribution in [-0.4, -0.2) is 16.8 Å². The Labute approximate surface area is 156 Å². The normalized spacial score (nSPS) is 15.2. The highest BCUT2D eigenvalue weighted by molar-refractivity contribution is 6.43. The number of carbonyl (C=O) groups is 1. The first kappa shape index (κ1) is 17.4. The summed E-state index contributed by atoms with van der Waals surface area (Å²) >= 11 is 17.8. The number of aliphatic imine (C=N–C) groups is 1. The van der Waals surface area contributed by atoms with Gasteiger partial charge in [0.15, 0.2) is 5.70 Å². The Balaban J connectivity index is 2.01. The van der Waals surface area contributed by atoms with Crippen molar-refractivity contribution in [1.82, 2.24) is 0 Å². The van der Waals surface area contributed by atoms with E-state index in [0.29, 0.717) is 10.6 Å². The Bertz CT molecular complexity index is 970. The van der Waals surface area contributed by atoms with Gasteiger partial charge in [-0.2, -0.15) is 0 Å². The molecule has 0 aliphatic carbocycles. The Morgan fingerprint density at radius 1 is 1.12 bits per heavy atom. The number of rotatable bonds is 3. The molecule has 0 fully saturated rings. The molecule has 0 atom stereocenters. The van der Waals surface area contributed by atoms with E-state index in [1.54, 1.807) is 18.2 Å². The van der Waals surface area contributed by atoms with Crippen LogP contribution in [0, 0.1) is 10.1 Å². The first-order chi connectivity index (χ1) is 11.9. The lowest BCUT2D eigenvalue weighted by molar-refractivity contribution is -0.384. The highest BCUT2D eigenvalue weighted by Gasteiger charge is 2.26. The fraction of sp³-hybridized carbons (Fsp3) is 0. The largest absolute Gasteiger partial charge is 0.402 e. The number of nitrogens with zero attached hydrogens (tertiary/aromatic N) is 2. The van der Waals surface area contributed by atoms with Crippen LogP contribution in [0.4, 0.5) is 5.69 Å². The molecule has 1 aliphatic rings. The summed E-state index contributed by atoms with van der Waals surface area (Å²) in [5.74, 6) is -0.766. The van der Waals surface area contributed by atoms with Crippen molar-refractivity contribution in [3.05, 3.63) is 78.4 Å². The van der Waals surface area contributed by atoms with Crippen LogP contribution in [0.2, 0.25) is 15.1 Å². The second-order valence-electron chi connectivity index (χ2n) is 4.90. The molecule has 126 valence electrons. The van der Waals surface area contributed by atoms with Crippen molar-refractivity contribution in [3.8, 4) is 0 Å². The molecule has 0 N–H and O–H groups in total. The maximum Gasteiger partial charge on any atom is 0.363 e. The molecule has 0 aromatic heterocycles. The zero-order valence-corrected chi connectivity index (χ0v) is 14.5. The van der Waals surface area contributed by atoms with Crippen molar-refractivity contribution in [2.24, 2.45) is 4.99 Å². The minimum absolute atomic E-state index is 0.00299. The zero-order valence-electron chi connectivity index (χ0n) is 12.2. The third-order valence-electron chi connectivity index (χ3n) is 3.28. The summed E-state index contributed by atoms with van der Waals surface area (Å²) in [6.45, 7) is 0. The summed E-state index contributed by atoms with van der Waals surface area (Å²) in [7, 11) is 0. The van der Waals surface area contributed by atoms with Gasteiger partial charge in [0.25, 0.3) is 5.69 Å². The fourth-order valence-corrected chi connectivity index (χ4v) is 2.65. The van der Waals surface area contributed by atoms with Gasteiger partial charge >= 0.3 is 5.97 Å². The molecule has 0 saturated carbocycles. The van der Waals surface area contributed by atoms with Gasteiger partial charge < -0.3 is 4.74 Å². The average Bonchev–Trinajstić information content (AvgIpc) is 2.93. The van der Waals surface area contributed by atoms with Gasteiger partial charge in [-0.15, -0.1) is 0 Å². The van der Waals surface area contributed by atoms with Gasteiger partial charge in [0, 0.05) is 11.6 Å². The topological polar surface area (TPSA) is 81.8 Å². The lowest BCUT2D eigenvalue weighted by atomic mass is 10.2. The van der Waals surface area contributed by atoms with E-state index >= 15 is 0 Å². The molecular formula is C16H7Cl3N2O4. The van der Waals surface area contributed by atoms with Crippen LogP contribution in [0.3, 0.4) is 0 Å². The number of nitro benzene ring substituents is 1. The third kappa shape index (κ3) is 3.51. The van der Waals surface area contributed by atoms with Gasteiger partial charge in [0.05, 0.1) is 15.0 Å². The first-order valence-electron chi connectivity index (χ1n) is 6.77. The summed E-state index contributed by atoms with van der Waals surface area (Å²) in [6.07, 6.45) is 1.42. The van der Waals surface area contributed by atoms with E-state index in [4.69, 9.17) is 39.5 Å². The van der Waals surface area contributed by atoms with E-state index < -0.39 is 10.9 Å². The second kappa shape index (κ2) is 6.84. The van der Waals surface area contributed by atoms with E-state index in [1.807, 2.05) is 0 Å². The summed E-state index contributed by atoms with van der Waals surface area (Å²) in [5.41, 5.74) is 0.434. The van der Waals surface area contributed by atoms with E-state index in [0.717, 1.165) is 0 Å². The van der Waals surface area contributed by atoms with Gasteiger partial charge in [-0.1, -0.05) is 46.9 Å². The zero-order chi connectivity index (χ0) is 18.1. The van der Waals surface area contributed by atoms with E-state index in [2.05, 4.69) is 4.99 Å². The number of hydrogen-bond acceptors (Lipinski definition) is 5. The highest BCUT2D eigenvalue weighted by atomic mass is 35.5. The fourth-order valence-electron chi connectivity index (χ4n) is 2.10. The molecule has 25 heavy (non-hydrogen) atoms. The molecule has 1 heterocycles. The van der Waals surface area contributed by atoms with Gasteiger partial charge in [0.2, 0.25) is 5.90 Å². The van der Waals surface area contributed by atoms with Crippen molar-refractivity contribution >= 4 is 58.4 Å². The van der Waals surface area contributed by atoms with Crippen LogP contribution in [0.15, 0.2) is 47.1 Å². The number of ether oxygens (including phenoxy) is 1. The van der Waals surface area contributed by atoms with Crippen molar-refractivity contribution in [1.29, 1.82) is 0 Å². The molecule has 0 radical (unpaired) electrons. The Hall–Kier alpha value is -2.41. The van der Waals surface area contributed by atoms with Crippen LogP contribution in [0.1, 0.15) is 11.1 Å². The minimum atomic E-state index is -0.705. The molecule has 0 saturated heterocycles. The third-order valence-corrected chi connectivity index (χ3v) is 4.44. The predicted octanol–water partition coefficient (Wildman–Crippen LogP) is 4.90. The standard InChI is InChI=1S/C16H7Cl3N2O4/c17-10-5-4-9(7-13(10)21(23)24)15-20-12(16(22)25-15)6-8-2-1-3-11(18)14(8)19/h1-7H. The molecule has 0 bridgehead atoms. The van der Waals surface area contributed by atoms with Crippen LogP contribution < -0.4 is 0 Å². The van der Waals surface area contributed by atoms with Gasteiger partial charge in [-0.05, 0) is 29.8 Å². The lowest BCUT2D eigenvalue weighted by Gasteiger charge is -2.00. The molecule has 2 aromatic carbocycles. The van der Waals surface area contributed by atoms with Crippen molar-refractivity contribution in [2.45, 2.75) is 0 Å². The minimum Gasteiger partial charge on any atom is -0.402 e. The van der Waals surface area contributed by atoms with Crippen LogP contribution in [0.25, 0.3) is 6.08 Å². The number of esters is 1. The number of cyclic esters (lactones) is 1. The van der Waals surface area contributed by atoms with E-state index in [1.165, 1.54) is 24.3 Å². The Morgan fingerprint density at radius 2 is 1.88 bits per heavy atom. The second-order valence-corrected chi connectivity index (χ2v) is 6.09. The van der Waals surface area contributed by atoms with Crippen LogP contribution in [0.5, 0.6) is 0 Å². The van der Waals surface area contributed by atoms with E-state index in [9.17, 15) is 14.9 Å². The lowest BCUT2D eigenvalue weighted by Crippen LogP contribution is -2.06. The number of benzene rings is 2. The summed E-state index contributed by atoms with van der Waals surface area (Å²) in [6, 6.07) is 8.94. The van der Waals surface area contributed by atoms with Gasteiger partial charge in [-0.25, -0.2) is 9.79 Å². The number of halogens is 3. The molecule has 0 amide bonds. The quantitative estimate of drug-likeness (QED) is 0.319. The number of carbonyl (C=O) groups excluding carboxylic acids is 1. The molecule has 0 unspecified atom stereocenters. The number of hydrogen-bond donors (Lipinski definition) is 0. The van der Waals surface area contributed by atoms with Crippen LogP contribution >= 0.6 is 34.8 Å². The van der Waals surface area contributed by atoms with Gasteiger partial charge in [0.1, 0.15) is 5.02 Å². The molecule has 3 rings (SSSR count). The summed E-state index contributed by atoms with van der Waals surface area (Å²) in [4.78, 5) is 26.4. The van der Waals surface area contributed by atoms with Crippen molar-refractivity contribution < 1.29 is 14.5 Å². The first-order valence-corrected chi connectivity index (χ1v) is 7.91. The molecule has 6 nitrogen and oxygen atoms in total. The Kier molecular flexibility index (Phi) is 4.76. The molecular weight excluding hydrogens is 391 g/mol. The molecule has 0 spiro atoms. The summed E-state index contributed by atoms with van der Waals surface area (Å²) < 4.78 is 5.08. The highest BCUT2D eigenvalue weighted by Crippen LogP contribution is 2.30. The summed E-state index contributed by atoms with van der Waals surface area (Å²) in [5, 5.41) is 11.5. The van der Waals surface area contributed by atoms with Crippen molar-refractivity contribution in [2.75, 3.05) is 0 Å². The molecule has 1 aliphatic heterocycles.